The van der Waals surface area contributed by atoms with Crippen molar-refractivity contribution in [2.24, 2.45) is 5.92 Å². The van der Waals surface area contributed by atoms with Crippen molar-refractivity contribution in [1.29, 1.82) is 0 Å². The van der Waals surface area contributed by atoms with Crippen LogP contribution in [0.3, 0.4) is 0 Å². The minimum Gasteiger partial charge on any atom is -1.00 e. The number of quaternary nitrogens is 1. The van der Waals surface area contributed by atoms with Gasteiger partial charge in [0.25, 0.3) is 0 Å². The third-order valence-electron chi connectivity index (χ3n) is 5.23. The smallest absolute Gasteiger partial charge is 0.0940 e. The van der Waals surface area contributed by atoms with E-state index >= 15 is 0 Å². The highest BCUT2D eigenvalue weighted by molar-refractivity contribution is 4.93. The average molecular weight is 262 g/mol. The highest BCUT2D eigenvalue weighted by Gasteiger charge is 2.59. The number of nitrogens with zero attached hydrogens (tertiary/aromatic N) is 1. The molecule has 0 aromatic carbocycles. The van der Waals surface area contributed by atoms with Gasteiger partial charge in [-0.05, 0) is 40.0 Å². The fourth-order valence-electron chi connectivity index (χ4n) is 3.96. The van der Waals surface area contributed by atoms with Crippen molar-refractivity contribution in [3.8, 4) is 0 Å². The molecule has 84 valence electrons. The van der Waals surface area contributed by atoms with Crippen LogP contribution in [0.5, 0.6) is 0 Å². The first-order valence-corrected chi connectivity index (χ1v) is 5.64. The molecule has 3 heterocycles. The molecule has 3 rings (SSSR count). The first kappa shape index (κ1) is 12.5. The second-order valence-electron chi connectivity index (χ2n) is 6.60. The van der Waals surface area contributed by atoms with Gasteiger partial charge in [0.1, 0.15) is 0 Å². The van der Waals surface area contributed by atoms with Gasteiger partial charge in [-0.1, -0.05) is 0 Å². The van der Waals surface area contributed by atoms with Crippen LogP contribution in [0, 0.1) is 5.92 Å². The van der Waals surface area contributed by atoms with Gasteiger partial charge in [0.2, 0.25) is 0 Å². The summed E-state index contributed by atoms with van der Waals surface area (Å²) < 4.78 is 1.29. The first-order chi connectivity index (χ1) is 5.79. The van der Waals surface area contributed by atoms with Crippen LogP contribution in [0.1, 0.15) is 47.0 Å². The fraction of sp³-hybridized carbons (Fsp3) is 1.00. The molecule has 3 aliphatic rings. The Morgan fingerprint density at radius 3 is 1.71 bits per heavy atom. The highest BCUT2D eigenvalue weighted by Crippen LogP contribution is 2.51. The van der Waals surface area contributed by atoms with E-state index in [4.69, 9.17) is 0 Å². The quantitative estimate of drug-likeness (QED) is 0.531. The first-order valence-electron chi connectivity index (χ1n) is 5.64. The van der Waals surface area contributed by atoms with Crippen molar-refractivity contribution in [2.45, 2.75) is 58.0 Å². The molecular weight excluding hydrogens is 238 g/mol. The molecule has 0 atom stereocenters. The molecule has 2 bridgehead atoms. The summed E-state index contributed by atoms with van der Waals surface area (Å²) in [5.74, 6) is 1.00. The largest absolute Gasteiger partial charge is 1.00 e. The van der Waals surface area contributed by atoms with Gasteiger partial charge in [-0.25, -0.2) is 0 Å². The van der Waals surface area contributed by atoms with E-state index in [1.807, 2.05) is 0 Å². The van der Waals surface area contributed by atoms with Crippen LogP contribution in [0.25, 0.3) is 0 Å². The molecule has 3 fully saturated rings. The Kier molecular flexibility index (Phi) is 2.87. The van der Waals surface area contributed by atoms with Gasteiger partial charge in [-0.15, -0.1) is 0 Å². The molecule has 2 heteroatoms. The molecule has 3 saturated heterocycles. The van der Waals surface area contributed by atoms with E-state index in [1.165, 1.54) is 30.3 Å². The maximum Gasteiger partial charge on any atom is 0.0940 e. The summed E-state index contributed by atoms with van der Waals surface area (Å²) in [7, 11) is 2.47. The van der Waals surface area contributed by atoms with Crippen molar-refractivity contribution < 1.29 is 21.5 Å². The maximum atomic E-state index is 2.47. The SMILES string of the molecule is CC1(C)CC2CC[N+]1(C)C(C)(C)C2.[Br-]. The highest BCUT2D eigenvalue weighted by atomic mass is 79.9. The zero-order chi connectivity index (χ0) is 9.91. The number of piperidine rings is 3. The predicted molar refractivity (Wildman–Crippen MR) is 56.6 cm³/mol. The Balaban J connectivity index is 0.000000980. The van der Waals surface area contributed by atoms with E-state index in [1.54, 1.807) is 0 Å². The van der Waals surface area contributed by atoms with Gasteiger partial charge < -0.3 is 21.5 Å². The summed E-state index contributed by atoms with van der Waals surface area (Å²) in [5.41, 5.74) is 1.01. The summed E-state index contributed by atoms with van der Waals surface area (Å²) in [5, 5.41) is 0. The van der Waals surface area contributed by atoms with E-state index in [9.17, 15) is 0 Å². The minimum absolute atomic E-state index is 0. The molecule has 0 spiro atoms. The Labute approximate surface area is 99.2 Å². The molecule has 3 aliphatic heterocycles. The zero-order valence-corrected chi connectivity index (χ0v) is 11.8. The summed E-state index contributed by atoms with van der Waals surface area (Å²) in [6.07, 6.45) is 4.34. The van der Waals surface area contributed by atoms with E-state index in [0.717, 1.165) is 5.92 Å². The van der Waals surface area contributed by atoms with Crippen LogP contribution < -0.4 is 17.0 Å². The van der Waals surface area contributed by atoms with Gasteiger partial charge in [-0.2, -0.15) is 0 Å². The molecule has 1 nitrogen and oxygen atoms in total. The van der Waals surface area contributed by atoms with Crippen molar-refractivity contribution in [2.75, 3.05) is 13.6 Å². The monoisotopic (exact) mass is 261 g/mol. The van der Waals surface area contributed by atoms with E-state index in [2.05, 4.69) is 34.7 Å². The summed E-state index contributed by atoms with van der Waals surface area (Å²) >= 11 is 0. The average Bonchev–Trinajstić information content (AvgIpc) is 1.92. The second kappa shape index (κ2) is 3.21. The van der Waals surface area contributed by atoms with Crippen molar-refractivity contribution in [1.82, 2.24) is 0 Å². The van der Waals surface area contributed by atoms with Crippen molar-refractivity contribution >= 4 is 0 Å². The molecule has 0 aromatic rings. The van der Waals surface area contributed by atoms with E-state index in [0.29, 0.717) is 11.1 Å². The van der Waals surface area contributed by atoms with E-state index < -0.39 is 0 Å². The van der Waals surface area contributed by atoms with Crippen LogP contribution in [-0.2, 0) is 0 Å². The van der Waals surface area contributed by atoms with Gasteiger partial charge >= 0.3 is 0 Å². The molecule has 0 amide bonds. The molecular formula is C12H24BrN. The fourth-order valence-corrected chi connectivity index (χ4v) is 3.96. The standard InChI is InChI=1S/C12H24N.BrH/c1-11(2)8-10-6-7-13(11,5)12(3,4)9-10;/h10H,6-9H2,1-5H3;1H/q+1;/p-1. The van der Waals surface area contributed by atoms with E-state index in [-0.39, 0.29) is 17.0 Å². The number of fused-ring (bicyclic) bond motifs is 3. The Hall–Kier alpha value is 0.440. The lowest BCUT2D eigenvalue weighted by Crippen LogP contribution is -3.00. The van der Waals surface area contributed by atoms with Crippen LogP contribution in [-0.4, -0.2) is 29.2 Å². The molecule has 14 heavy (non-hydrogen) atoms. The molecule has 0 saturated carbocycles. The summed E-state index contributed by atoms with van der Waals surface area (Å²) in [4.78, 5) is 0. The number of rotatable bonds is 0. The Morgan fingerprint density at radius 1 is 1.00 bits per heavy atom. The molecule has 0 aromatic heterocycles. The van der Waals surface area contributed by atoms with Gasteiger partial charge in [0.05, 0.1) is 24.7 Å². The molecule has 0 N–H and O–H groups in total. The van der Waals surface area contributed by atoms with Crippen LogP contribution in [0.15, 0.2) is 0 Å². The zero-order valence-electron chi connectivity index (χ0n) is 10.2. The van der Waals surface area contributed by atoms with Gasteiger partial charge in [0.15, 0.2) is 0 Å². The molecule has 0 aliphatic carbocycles. The van der Waals surface area contributed by atoms with Crippen LogP contribution in [0.4, 0.5) is 0 Å². The Bertz CT molecular complexity index is 214. The van der Waals surface area contributed by atoms with Crippen molar-refractivity contribution in [3.05, 3.63) is 0 Å². The summed E-state index contributed by atoms with van der Waals surface area (Å²) in [6, 6.07) is 0. The maximum absolute atomic E-state index is 2.47. The number of hydrogen-bond donors (Lipinski definition) is 0. The normalized spacial score (nSPS) is 43.1. The lowest BCUT2D eigenvalue weighted by atomic mass is 9.66. The van der Waals surface area contributed by atoms with Crippen LogP contribution in [0.2, 0.25) is 0 Å². The Morgan fingerprint density at radius 2 is 1.43 bits per heavy atom. The number of hydrogen-bond acceptors (Lipinski definition) is 0. The predicted octanol–water partition coefficient (Wildman–Crippen LogP) is -0.192. The molecule has 0 unspecified atom stereocenters. The second-order valence-corrected chi connectivity index (χ2v) is 6.60. The molecule has 0 radical (unpaired) electrons. The summed E-state index contributed by atoms with van der Waals surface area (Å²) in [6.45, 7) is 11.2. The third-order valence-corrected chi connectivity index (χ3v) is 5.23. The van der Waals surface area contributed by atoms with Crippen molar-refractivity contribution in [3.63, 3.8) is 0 Å². The van der Waals surface area contributed by atoms with Gasteiger partial charge in [0, 0.05) is 12.8 Å². The third kappa shape index (κ3) is 1.37. The lowest BCUT2D eigenvalue weighted by Gasteiger charge is -2.65. The van der Waals surface area contributed by atoms with Gasteiger partial charge in [-0.3, -0.25) is 0 Å². The van der Waals surface area contributed by atoms with Crippen LogP contribution >= 0.6 is 0 Å². The number of halogens is 1. The topological polar surface area (TPSA) is 0 Å². The lowest BCUT2D eigenvalue weighted by molar-refractivity contribution is -1.01. The minimum atomic E-state index is 0.